The van der Waals surface area contributed by atoms with Gasteiger partial charge in [0.15, 0.2) is 4.77 Å². The summed E-state index contributed by atoms with van der Waals surface area (Å²) in [6.45, 7) is 4.72. The maximum absolute atomic E-state index is 5.55. The van der Waals surface area contributed by atoms with Gasteiger partial charge < -0.3 is 9.55 Å². The average Bonchev–Trinajstić information content (AvgIpc) is 2.65. The van der Waals surface area contributed by atoms with Gasteiger partial charge in [0.1, 0.15) is 0 Å². The average molecular weight is 339 g/mol. The molecule has 0 radical (unpaired) electrons. The van der Waals surface area contributed by atoms with E-state index in [-0.39, 0.29) is 0 Å². The summed E-state index contributed by atoms with van der Waals surface area (Å²) in [5, 5.41) is 0. The summed E-state index contributed by atoms with van der Waals surface area (Å²) in [5.41, 5.74) is 2.37. The molecule has 2 nitrogen and oxygen atoms in total. The van der Waals surface area contributed by atoms with E-state index in [1.165, 1.54) is 24.8 Å². The van der Waals surface area contributed by atoms with E-state index in [0.717, 1.165) is 20.7 Å². The lowest BCUT2D eigenvalue weighted by molar-refractivity contribution is 0.210. The molecule has 0 saturated heterocycles. The largest absolute Gasteiger partial charge is 0.331 e. The maximum atomic E-state index is 5.55. The van der Waals surface area contributed by atoms with Crippen LogP contribution in [0.5, 0.6) is 0 Å². The van der Waals surface area contributed by atoms with Crippen molar-refractivity contribution in [2.24, 2.45) is 11.8 Å². The van der Waals surface area contributed by atoms with Crippen LogP contribution in [0.25, 0.3) is 11.0 Å². The number of nitrogens with one attached hydrogen (secondary N) is 1. The molecule has 1 heterocycles. The Bertz CT molecular complexity index is 658. The van der Waals surface area contributed by atoms with Crippen LogP contribution in [-0.4, -0.2) is 9.55 Å². The highest BCUT2D eigenvalue weighted by Gasteiger charge is 2.28. The van der Waals surface area contributed by atoms with Gasteiger partial charge in [-0.3, -0.25) is 0 Å². The molecule has 3 atom stereocenters. The summed E-state index contributed by atoms with van der Waals surface area (Å²) in [5.74, 6) is 1.54. The molecule has 0 bridgehead atoms. The second-order valence-corrected chi connectivity index (χ2v) is 7.23. The molecule has 4 heteroatoms. The topological polar surface area (TPSA) is 20.7 Å². The zero-order chi connectivity index (χ0) is 13.6. The smallest absolute Gasteiger partial charge is 0.178 e. The molecule has 3 unspecified atom stereocenters. The van der Waals surface area contributed by atoms with Gasteiger partial charge in [0.25, 0.3) is 0 Å². The Morgan fingerprint density at radius 1 is 1.32 bits per heavy atom. The number of rotatable bonds is 1. The van der Waals surface area contributed by atoms with Crippen LogP contribution < -0.4 is 0 Å². The van der Waals surface area contributed by atoms with Crippen molar-refractivity contribution in [3.8, 4) is 0 Å². The molecule has 102 valence electrons. The molecule has 0 spiro atoms. The number of nitrogens with zero attached hydrogens (tertiary/aromatic N) is 1. The minimum atomic E-state index is 0.540. The lowest BCUT2D eigenvalue weighted by atomic mass is 9.79. The van der Waals surface area contributed by atoms with Gasteiger partial charge in [-0.15, -0.1) is 0 Å². The Morgan fingerprint density at radius 2 is 2.11 bits per heavy atom. The first-order valence-corrected chi connectivity index (χ1v) is 8.16. The molecule has 1 saturated carbocycles. The van der Waals surface area contributed by atoms with Gasteiger partial charge in [-0.2, -0.15) is 0 Å². The number of aromatic nitrogens is 2. The molecule has 3 rings (SSSR count). The molecule has 1 aromatic heterocycles. The van der Waals surface area contributed by atoms with Gasteiger partial charge in [-0.05, 0) is 61.5 Å². The van der Waals surface area contributed by atoms with Crippen molar-refractivity contribution in [2.45, 2.75) is 39.2 Å². The summed E-state index contributed by atoms with van der Waals surface area (Å²) in [7, 11) is 0. The van der Waals surface area contributed by atoms with E-state index in [2.05, 4.69) is 57.5 Å². The Hall–Kier alpha value is -0.610. The highest BCUT2D eigenvalue weighted by molar-refractivity contribution is 9.10. The Labute approximate surface area is 127 Å². The first-order valence-electron chi connectivity index (χ1n) is 6.96. The Morgan fingerprint density at radius 3 is 2.84 bits per heavy atom. The second kappa shape index (κ2) is 5.06. The Kier molecular flexibility index (Phi) is 3.56. The van der Waals surface area contributed by atoms with Gasteiger partial charge in [-0.25, -0.2) is 0 Å². The SMILES string of the molecule is CC1CCC(n2c(=S)[nH]c3cc(Br)ccc32)C(C)C1. The zero-order valence-electron chi connectivity index (χ0n) is 11.3. The first-order chi connectivity index (χ1) is 9.06. The van der Waals surface area contributed by atoms with Crippen LogP contribution in [0.3, 0.4) is 0 Å². The van der Waals surface area contributed by atoms with Crippen LogP contribution in [0, 0.1) is 16.6 Å². The minimum Gasteiger partial charge on any atom is -0.331 e. The first kappa shape index (κ1) is 13.4. The van der Waals surface area contributed by atoms with Gasteiger partial charge in [0.05, 0.1) is 11.0 Å². The van der Waals surface area contributed by atoms with Crippen molar-refractivity contribution in [3.05, 3.63) is 27.4 Å². The Balaban J connectivity index is 2.09. The van der Waals surface area contributed by atoms with Crippen LogP contribution in [0.2, 0.25) is 0 Å². The number of hydrogen-bond acceptors (Lipinski definition) is 1. The van der Waals surface area contributed by atoms with Gasteiger partial charge in [0.2, 0.25) is 0 Å². The number of imidazole rings is 1. The predicted octanol–water partition coefficient (Wildman–Crippen LogP) is 5.46. The third kappa shape index (κ3) is 2.40. The van der Waals surface area contributed by atoms with Crippen LogP contribution >= 0.6 is 28.1 Å². The molecule has 1 aromatic carbocycles. The minimum absolute atomic E-state index is 0.540. The van der Waals surface area contributed by atoms with Crippen LogP contribution in [0.1, 0.15) is 39.2 Å². The van der Waals surface area contributed by atoms with Crippen molar-refractivity contribution in [3.63, 3.8) is 0 Å². The number of H-pyrrole nitrogens is 1. The molecule has 19 heavy (non-hydrogen) atoms. The van der Waals surface area contributed by atoms with Crippen molar-refractivity contribution < 1.29 is 0 Å². The second-order valence-electron chi connectivity index (χ2n) is 5.92. The molecule has 1 N–H and O–H groups in total. The normalized spacial score (nSPS) is 27.8. The maximum Gasteiger partial charge on any atom is 0.178 e. The van der Waals surface area contributed by atoms with Crippen molar-refractivity contribution in [1.29, 1.82) is 0 Å². The van der Waals surface area contributed by atoms with Gasteiger partial charge >= 0.3 is 0 Å². The van der Waals surface area contributed by atoms with Gasteiger partial charge in [-0.1, -0.05) is 29.8 Å². The zero-order valence-corrected chi connectivity index (χ0v) is 13.7. The van der Waals surface area contributed by atoms with Crippen molar-refractivity contribution >= 4 is 39.2 Å². The van der Waals surface area contributed by atoms with Crippen LogP contribution in [0.15, 0.2) is 22.7 Å². The van der Waals surface area contributed by atoms with Crippen LogP contribution in [0.4, 0.5) is 0 Å². The van der Waals surface area contributed by atoms with E-state index in [4.69, 9.17) is 12.2 Å². The highest BCUT2D eigenvalue weighted by atomic mass is 79.9. The molecular formula is C15H19BrN2S. The molecule has 1 aliphatic rings. The van der Waals surface area contributed by atoms with E-state index in [1.807, 2.05) is 0 Å². The number of benzene rings is 1. The van der Waals surface area contributed by atoms with E-state index in [1.54, 1.807) is 0 Å². The standard InChI is InChI=1S/C15H19BrN2S/c1-9-3-5-13(10(2)7-9)18-14-6-4-11(16)8-12(14)17-15(18)19/h4,6,8-10,13H,3,5,7H2,1-2H3,(H,17,19). The van der Waals surface area contributed by atoms with E-state index in [9.17, 15) is 0 Å². The van der Waals surface area contributed by atoms with Crippen molar-refractivity contribution in [2.75, 3.05) is 0 Å². The number of fused-ring (bicyclic) bond motifs is 1. The fraction of sp³-hybridized carbons (Fsp3) is 0.533. The molecule has 1 aliphatic carbocycles. The predicted molar refractivity (Wildman–Crippen MR) is 86.0 cm³/mol. The van der Waals surface area contributed by atoms with E-state index >= 15 is 0 Å². The quantitative estimate of drug-likeness (QED) is 0.684. The molecule has 0 aliphatic heterocycles. The fourth-order valence-corrected chi connectivity index (χ4v) is 4.17. The third-order valence-electron chi connectivity index (χ3n) is 4.40. The lowest BCUT2D eigenvalue weighted by Crippen LogP contribution is -2.24. The fourth-order valence-electron chi connectivity index (χ4n) is 3.47. The molecule has 2 aromatic rings. The summed E-state index contributed by atoms with van der Waals surface area (Å²) < 4.78 is 4.29. The van der Waals surface area contributed by atoms with Gasteiger partial charge in [0, 0.05) is 10.5 Å². The number of halogens is 1. The summed E-state index contributed by atoms with van der Waals surface area (Å²) >= 11 is 9.07. The third-order valence-corrected chi connectivity index (χ3v) is 5.19. The molecular weight excluding hydrogens is 320 g/mol. The summed E-state index contributed by atoms with van der Waals surface area (Å²) in [6.07, 6.45) is 3.84. The van der Waals surface area contributed by atoms with E-state index < -0.39 is 0 Å². The monoisotopic (exact) mass is 338 g/mol. The lowest BCUT2D eigenvalue weighted by Gasteiger charge is -2.33. The van der Waals surface area contributed by atoms with E-state index in [0.29, 0.717) is 12.0 Å². The van der Waals surface area contributed by atoms with Crippen LogP contribution in [-0.2, 0) is 0 Å². The number of aromatic amines is 1. The summed E-state index contributed by atoms with van der Waals surface area (Å²) in [4.78, 5) is 3.34. The number of hydrogen-bond donors (Lipinski definition) is 1. The van der Waals surface area contributed by atoms with Crippen molar-refractivity contribution in [1.82, 2.24) is 9.55 Å². The molecule has 0 amide bonds. The highest BCUT2D eigenvalue weighted by Crippen LogP contribution is 2.38. The molecule has 1 fully saturated rings. The summed E-state index contributed by atoms with van der Waals surface area (Å²) in [6, 6.07) is 6.91.